The number of alkyl halides is 3. The van der Waals surface area contributed by atoms with Gasteiger partial charge >= 0.3 is 6.18 Å². The van der Waals surface area contributed by atoms with Crippen LogP contribution < -0.4 is 5.32 Å². The Morgan fingerprint density at radius 3 is 2.78 bits per heavy atom. The van der Waals surface area contributed by atoms with Gasteiger partial charge < -0.3 is 10.2 Å². The molecule has 1 heterocycles. The Kier molecular flexibility index (Phi) is 3.80. The van der Waals surface area contributed by atoms with Crippen LogP contribution in [0.5, 0.6) is 0 Å². The van der Waals surface area contributed by atoms with E-state index in [4.69, 9.17) is 0 Å². The van der Waals surface area contributed by atoms with Gasteiger partial charge in [-0.3, -0.25) is 0 Å². The normalized spacial score (nSPS) is 21.2. The van der Waals surface area contributed by atoms with E-state index in [1.165, 1.54) is 6.07 Å². The predicted octanol–water partition coefficient (Wildman–Crippen LogP) is 3.21. The molecule has 2 rings (SSSR count). The maximum absolute atomic E-state index is 12.5. The Balaban J connectivity index is 1.97. The second-order valence-corrected chi connectivity index (χ2v) is 4.74. The number of nitrogens with zero attached hydrogens (tertiary/aromatic N) is 1. The van der Waals surface area contributed by atoms with E-state index in [1.807, 2.05) is 7.05 Å². The largest absolute Gasteiger partial charge is 0.416 e. The van der Waals surface area contributed by atoms with Crippen molar-refractivity contribution in [2.75, 3.05) is 25.5 Å². The van der Waals surface area contributed by atoms with Crippen LogP contribution in [0.15, 0.2) is 24.3 Å². The van der Waals surface area contributed by atoms with Crippen molar-refractivity contribution < 1.29 is 13.2 Å². The van der Waals surface area contributed by atoms with Crippen molar-refractivity contribution in [3.63, 3.8) is 0 Å². The molecule has 1 aliphatic heterocycles. The summed E-state index contributed by atoms with van der Waals surface area (Å²) < 4.78 is 37.6. The fraction of sp³-hybridized carbons (Fsp3) is 0.538. The Morgan fingerprint density at radius 1 is 1.39 bits per heavy atom. The molecule has 0 bridgehead atoms. The summed E-state index contributed by atoms with van der Waals surface area (Å²) in [5.74, 6) is 0. The van der Waals surface area contributed by atoms with Crippen LogP contribution in [-0.4, -0.2) is 31.1 Å². The predicted molar refractivity (Wildman–Crippen MR) is 65.6 cm³/mol. The van der Waals surface area contributed by atoms with Gasteiger partial charge in [-0.15, -0.1) is 0 Å². The number of anilines is 1. The third-order valence-corrected chi connectivity index (χ3v) is 3.40. The highest BCUT2D eigenvalue weighted by atomic mass is 19.4. The molecule has 2 nitrogen and oxygen atoms in total. The highest BCUT2D eigenvalue weighted by molar-refractivity contribution is 5.46. The molecule has 100 valence electrons. The van der Waals surface area contributed by atoms with Crippen LogP contribution in [0, 0.1) is 0 Å². The molecule has 1 fully saturated rings. The molecule has 1 aliphatic rings. The lowest BCUT2D eigenvalue weighted by atomic mass is 10.1. The topological polar surface area (TPSA) is 15.3 Å². The summed E-state index contributed by atoms with van der Waals surface area (Å²) >= 11 is 0. The average Bonchev–Trinajstić information content (AvgIpc) is 2.72. The monoisotopic (exact) mass is 258 g/mol. The van der Waals surface area contributed by atoms with Crippen LogP contribution in [0.4, 0.5) is 18.9 Å². The Hall–Kier alpha value is -1.23. The minimum absolute atomic E-state index is 0.416. The summed E-state index contributed by atoms with van der Waals surface area (Å²) in [5.41, 5.74) is -0.0719. The highest BCUT2D eigenvalue weighted by Gasteiger charge is 2.30. The fourth-order valence-corrected chi connectivity index (χ4v) is 2.28. The van der Waals surface area contributed by atoms with Crippen LogP contribution in [0.1, 0.15) is 18.4 Å². The van der Waals surface area contributed by atoms with Crippen molar-refractivity contribution in [2.45, 2.75) is 25.1 Å². The number of nitrogens with one attached hydrogen (secondary N) is 1. The maximum atomic E-state index is 12.5. The lowest BCUT2D eigenvalue weighted by molar-refractivity contribution is -0.137. The standard InChI is InChI=1S/C13H17F3N2/c1-18-7-3-6-12(18)9-17-11-5-2-4-10(8-11)13(14,15)16/h2,4-5,8,12,17H,3,6-7,9H2,1H3. The quantitative estimate of drug-likeness (QED) is 0.895. The number of benzene rings is 1. The van der Waals surface area contributed by atoms with Crippen LogP contribution in [0.25, 0.3) is 0 Å². The number of rotatable bonds is 3. The zero-order valence-corrected chi connectivity index (χ0v) is 10.3. The maximum Gasteiger partial charge on any atom is 0.416 e. The van der Waals surface area contributed by atoms with Crippen molar-refractivity contribution in [2.24, 2.45) is 0 Å². The Labute approximate surface area is 105 Å². The van der Waals surface area contributed by atoms with Gasteiger partial charge in [-0.05, 0) is 44.6 Å². The van der Waals surface area contributed by atoms with Gasteiger partial charge in [0.2, 0.25) is 0 Å². The van der Waals surface area contributed by atoms with E-state index < -0.39 is 11.7 Å². The van der Waals surface area contributed by atoms with Gasteiger partial charge in [-0.2, -0.15) is 13.2 Å². The van der Waals surface area contributed by atoms with Crippen molar-refractivity contribution in [1.82, 2.24) is 4.90 Å². The molecule has 0 spiro atoms. The summed E-state index contributed by atoms with van der Waals surface area (Å²) in [6, 6.07) is 5.77. The number of hydrogen-bond donors (Lipinski definition) is 1. The van der Waals surface area contributed by atoms with Crippen LogP contribution in [0.2, 0.25) is 0 Å². The highest BCUT2D eigenvalue weighted by Crippen LogP contribution is 2.30. The van der Waals surface area contributed by atoms with E-state index in [9.17, 15) is 13.2 Å². The molecule has 1 atom stereocenters. The minimum atomic E-state index is -4.28. The number of likely N-dealkylation sites (tertiary alicyclic amines) is 1. The minimum Gasteiger partial charge on any atom is -0.383 e. The van der Waals surface area contributed by atoms with Gasteiger partial charge in [-0.1, -0.05) is 6.07 Å². The summed E-state index contributed by atoms with van der Waals surface area (Å²) in [6.07, 6.45) is -2.02. The summed E-state index contributed by atoms with van der Waals surface area (Å²) in [6.45, 7) is 1.76. The molecular weight excluding hydrogens is 241 g/mol. The summed E-state index contributed by atoms with van der Waals surface area (Å²) in [7, 11) is 2.05. The van der Waals surface area contributed by atoms with Crippen molar-refractivity contribution >= 4 is 5.69 Å². The lowest BCUT2D eigenvalue weighted by Gasteiger charge is -2.20. The van der Waals surface area contributed by atoms with E-state index in [1.54, 1.807) is 6.07 Å². The van der Waals surface area contributed by atoms with E-state index >= 15 is 0 Å². The second-order valence-electron chi connectivity index (χ2n) is 4.74. The summed E-state index contributed by atoms with van der Waals surface area (Å²) in [4.78, 5) is 2.24. The van der Waals surface area contributed by atoms with Crippen molar-refractivity contribution in [3.8, 4) is 0 Å². The molecular formula is C13H17F3N2. The van der Waals surface area contributed by atoms with E-state index in [-0.39, 0.29) is 0 Å². The first kappa shape index (κ1) is 13.2. The van der Waals surface area contributed by atoms with E-state index in [0.717, 1.165) is 31.5 Å². The Bertz CT molecular complexity index is 403. The molecule has 0 aromatic heterocycles. The van der Waals surface area contributed by atoms with E-state index in [0.29, 0.717) is 18.3 Å². The zero-order chi connectivity index (χ0) is 13.2. The summed E-state index contributed by atoms with van der Waals surface area (Å²) in [5, 5.41) is 3.09. The zero-order valence-electron chi connectivity index (χ0n) is 10.3. The SMILES string of the molecule is CN1CCCC1CNc1cccc(C(F)(F)F)c1. The van der Waals surface area contributed by atoms with Crippen LogP contribution in [0.3, 0.4) is 0 Å². The van der Waals surface area contributed by atoms with Gasteiger partial charge in [0.15, 0.2) is 0 Å². The van der Waals surface area contributed by atoms with Gasteiger partial charge in [0.05, 0.1) is 5.56 Å². The molecule has 18 heavy (non-hydrogen) atoms. The molecule has 0 amide bonds. The molecule has 1 saturated heterocycles. The van der Waals surface area contributed by atoms with Crippen molar-refractivity contribution in [3.05, 3.63) is 29.8 Å². The number of hydrogen-bond acceptors (Lipinski definition) is 2. The average molecular weight is 258 g/mol. The van der Waals surface area contributed by atoms with Crippen molar-refractivity contribution in [1.29, 1.82) is 0 Å². The number of likely N-dealkylation sites (N-methyl/N-ethyl adjacent to an activating group) is 1. The fourth-order valence-electron chi connectivity index (χ4n) is 2.28. The molecule has 1 aromatic rings. The first-order chi connectivity index (χ1) is 8.47. The van der Waals surface area contributed by atoms with E-state index in [2.05, 4.69) is 10.2 Å². The van der Waals surface area contributed by atoms with Gasteiger partial charge in [0, 0.05) is 18.3 Å². The van der Waals surface area contributed by atoms with Gasteiger partial charge in [0.25, 0.3) is 0 Å². The lowest BCUT2D eigenvalue weighted by Crippen LogP contribution is -2.31. The van der Waals surface area contributed by atoms with Crippen LogP contribution in [-0.2, 0) is 6.18 Å². The molecule has 1 aromatic carbocycles. The molecule has 1 unspecified atom stereocenters. The molecule has 0 saturated carbocycles. The van der Waals surface area contributed by atoms with Crippen LogP contribution >= 0.6 is 0 Å². The van der Waals surface area contributed by atoms with Gasteiger partial charge in [-0.25, -0.2) is 0 Å². The third kappa shape index (κ3) is 3.16. The first-order valence-corrected chi connectivity index (χ1v) is 6.08. The molecule has 0 aliphatic carbocycles. The Morgan fingerprint density at radius 2 is 2.17 bits per heavy atom. The first-order valence-electron chi connectivity index (χ1n) is 6.08. The molecule has 5 heteroatoms. The van der Waals surface area contributed by atoms with Gasteiger partial charge in [0.1, 0.15) is 0 Å². The smallest absolute Gasteiger partial charge is 0.383 e. The number of halogens is 3. The second kappa shape index (κ2) is 5.18. The molecule has 1 N–H and O–H groups in total. The third-order valence-electron chi connectivity index (χ3n) is 3.40. The molecule has 0 radical (unpaired) electrons.